The molecule has 0 aromatic heterocycles. The zero-order valence-corrected chi connectivity index (χ0v) is 13.8. The highest BCUT2D eigenvalue weighted by molar-refractivity contribution is 6.10. The van der Waals surface area contributed by atoms with Crippen molar-refractivity contribution in [2.45, 2.75) is 59.3 Å². The number of Topliss-reactive ketones (excluding diaryl/α,β-unsaturated/α-hetero) is 1. The molecule has 1 N–H and O–H groups in total. The number of fused-ring (bicyclic) bond motifs is 1. The fourth-order valence-corrected chi connectivity index (χ4v) is 3.10. The van der Waals surface area contributed by atoms with E-state index in [-0.39, 0.29) is 17.0 Å². The predicted molar refractivity (Wildman–Crippen MR) is 87.3 cm³/mol. The molecule has 0 spiro atoms. The molecule has 114 valence electrons. The van der Waals surface area contributed by atoms with Crippen LogP contribution in [0.3, 0.4) is 0 Å². The third-order valence-electron chi connectivity index (χ3n) is 4.57. The molecule has 0 saturated heterocycles. The molecule has 21 heavy (non-hydrogen) atoms. The Bertz CT molecular complexity index is 590. The zero-order valence-electron chi connectivity index (χ0n) is 13.8. The first-order valence-electron chi connectivity index (χ1n) is 7.77. The lowest BCUT2D eigenvalue weighted by molar-refractivity contribution is -0.121. The molecule has 1 aliphatic rings. The minimum atomic E-state index is -0.526. The van der Waals surface area contributed by atoms with Gasteiger partial charge in [0.05, 0.1) is 5.41 Å². The number of carbonyl (C=O) groups excluding carboxylic acids is 1. The molecule has 0 heterocycles. The van der Waals surface area contributed by atoms with E-state index in [1.165, 1.54) is 0 Å². The van der Waals surface area contributed by atoms with Gasteiger partial charge in [-0.15, -0.1) is 0 Å². The van der Waals surface area contributed by atoms with E-state index in [1.54, 1.807) is 0 Å². The van der Waals surface area contributed by atoms with E-state index < -0.39 is 5.41 Å². The van der Waals surface area contributed by atoms with Crippen molar-refractivity contribution in [2.24, 2.45) is 5.41 Å². The van der Waals surface area contributed by atoms with Gasteiger partial charge in [-0.05, 0) is 37.2 Å². The van der Waals surface area contributed by atoms with Crippen LogP contribution in [0.15, 0.2) is 29.8 Å². The number of ketones is 1. The fourth-order valence-electron chi connectivity index (χ4n) is 3.10. The summed E-state index contributed by atoms with van der Waals surface area (Å²) in [5.41, 5.74) is 2.03. The van der Waals surface area contributed by atoms with Crippen molar-refractivity contribution in [3.63, 3.8) is 0 Å². The molecule has 0 unspecified atom stereocenters. The standard InChI is InChI=1S/C19H26O2/c1-6-13-16(20)14-9-7-8-10-15(14)19(5,17(13)21)12-11-18(2,3)4/h7-10,20H,6,11-12H2,1-5H3/t19-/m1/s1. The lowest BCUT2D eigenvalue weighted by atomic mass is 9.65. The summed E-state index contributed by atoms with van der Waals surface area (Å²) in [5.74, 6) is 0.261. The van der Waals surface area contributed by atoms with Crippen LogP contribution in [-0.4, -0.2) is 10.9 Å². The van der Waals surface area contributed by atoms with E-state index in [4.69, 9.17) is 0 Å². The second-order valence-corrected chi connectivity index (χ2v) is 7.45. The Labute approximate surface area is 127 Å². The molecule has 1 aliphatic carbocycles. The summed E-state index contributed by atoms with van der Waals surface area (Å²) in [6.07, 6.45) is 2.36. The Morgan fingerprint density at radius 2 is 1.81 bits per heavy atom. The van der Waals surface area contributed by atoms with Crippen LogP contribution in [0.2, 0.25) is 0 Å². The molecular formula is C19H26O2. The van der Waals surface area contributed by atoms with Crippen molar-refractivity contribution in [3.05, 3.63) is 41.0 Å². The van der Waals surface area contributed by atoms with Crippen LogP contribution < -0.4 is 0 Å². The first-order valence-corrected chi connectivity index (χ1v) is 7.77. The molecule has 0 aliphatic heterocycles. The van der Waals surface area contributed by atoms with Crippen molar-refractivity contribution in [1.29, 1.82) is 0 Å². The Hall–Kier alpha value is -1.57. The maximum absolute atomic E-state index is 13.0. The molecule has 0 bridgehead atoms. The van der Waals surface area contributed by atoms with Gasteiger partial charge in [-0.1, -0.05) is 52.0 Å². The Morgan fingerprint density at radius 1 is 1.19 bits per heavy atom. The molecule has 0 fully saturated rings. The second kappa shape index (κ2) is 5.32. The molecule has 1 atom stereocenters. The van der Waals surface area contributed by atoms with Gasteiger partial charge in [0.15, 0.2) is 5.78 Å². The predicted octanol–water partition coefficient (Wildman–Crippen LogP) is 5.03. The number of aliphatic hydroxyl groups is 1. The van der Waals surface area contributed by atoms with Crippen LogP contribution in [0.4, 0.5) is 0 Å². The summed E-state index contributed by atoms with van der Waals surface area (Å²) >= 11 is 0. The zero-order chi connectivity index (χ0) is 15.8. The van der Waals surface area contributed by atoms with E-state index in [0.717, 1.165) is 24.0 Å². The lowest BCUT2D eigenvalue weighted by Gasteiger charge is -2.37. The molecule has 2 rings (SSSR count). The highest BCUT2D eigenvalue weighted by Gasteiger charge is 2.43. The van der Waals surface area contributed by atoms with Crippen molar-refractivity contribution >= 4 is 11.5 Å². The van der Waals surface area contributed by atoms with Crippen molar-refractivity contribution in [2.75, 3.05) is 0 Å². The molecular weight excluding hydrogens is 260 g/mol. The van der Waals surface area contributed by atoms with Gasteiger partial charge in [0, 0.05) is 11.1 Å². The summed E-state index contributed by atoms with van der Waals surface area (Å²) in [6.45, 7) is 10.6. The van der Waals surface area contributed by atoms with Crippen LogP contribution >= 0.6 is 0 Å². The summed E-state index contributed by atoms with van der Waals surface area (Å²) in [7, 11) is 0. The average Bonchev–Trinajstić information content (AvgIpc) is 2.43. The number of aliphatic hydroxyl groups excluding tert-OH is 1. The SMILES string of the molecule is CCC1=C(O)c2ccccc2[C@@](C)(CCC(C)(C)C)C1=O. The van der Waals surface area contributed by atoms with Crippen LogP contribution in [0, 0.1) is 5.41 Å². The molecule has 2 heteroatoms. The van der Waals surface area contributed by atoms with Crippen molar-refractivity contribution < 1.29 is 9.90 Å². The quantitative estimate of drug-likeness (QED) is 0.846. The van der Waals surface area contributed by atoms with Crippen molar-refractivity contribution in [3.8, 4) is 0 Å². The van der Waals surface area contributed by atoms with Gasteiger partial charge in [-0.3, -0.25) is 4.79 Å². The number of hydrogen-bond donors (Lipinski definition) is 1. The van der Waals surface area contributed by atoms with Gasteiger partial charge in [-0.2, -0.15) is 0 Å². The molecule has 2 nitrogen and oxygen atoms in total. The smallest absolute Gasteiger partial charge is 0.172 e. The third kappa shape index (κ3) is 2.76. The van der Waals surface area contributed by atoms with E-state index >= 15 is 0 Å². The average molecular weight is 286 g/mol. The third-order valence-corrected chi connectivity index (χ3v) is 4.57. The summed E-state index contributed by atoms with van der Waals surface area (Å²) in [5, 5.41) is 10.4. The second-order valence-electron chi connectivity index (χ2n) is 7.45. The number of rotatable bonds is 3. The van der Waals surface area contributed by atoms with Gasteiger partial charge in [0.1, 0.15) is 5.76 Å². The van der Waals surface area contributed by atoms with Gasteiger partial charge in [0.2, 0.25) is 0 Å². The first kappa shape index (κ1) is 15.8. The summed E-state index contributed by atoms with van der Waals surface area (Å²) < 4.78 is 0. The molecule has 1 aromatic carbocycles. The molecule has 0 amide bonds. The van der Waals surface area contributed by atoms with Crippen molar-refractivity contribution in [1.82, 2.24) is 0 Å². The van der Waals surface area contributed by atoms with E-state index in [1.807, 2.05) is 38.1 Å². The minimum Gasteiger partial charge on any atom is -0.507 e. The van der Waals surface area contributed by atoms with Crippen LogP contribution in [0.25, 0.3) is 5.76 Å². The lowest BCUT2D eigenvalue weighted by Crippen LogP contribution is -2.38. The molecule has 1 aromatic rings. The normalized spacial score (nSPS) is 22.4. The monoisotopic (exact) mass is 286 g/mol. The number of benzene rings is 1. The minimum absolute atomic E-state index is 0.0884. The van der Waals surface area contributed by atoms with Gasteiger partial charge < -0.3 is 5.11 Å². The molecule has 0 saturated carbocycles. The number of hydrogen-bond acceptors (Lipinski definition) is 2. The fraction of sp³-hybridized carbons (Fsp3) is 0.526. The first-order chi connectivity index (χ1) is 9.70. The Morgan fingerprint density at radius 3 is 2.38 bits per heavy atom. The maximum atomic E-state index is 13.0. The maximum Gasteiger partial charge on any atom is 0.172 e. The topological polar surface area (TPSA) is 37.3 Å². The highest BCUT2D eigenvalue weighted by atomic mass is 16.3. The number of carbonyl (C=O) groups is 1. The Balaban J connectivity index is 2.54. The summed E-state index contributed by atoms with van der Waals surface area (Å²) in [4.78, 5) is 13.0. The van der Waals surface area contributed by atoms with Crippen LogP contribution in [-0.2, 0) is 10.2 Å². The number of allylic oxidation sites excluding steroid dienone is 1. The van der Waals surface area contributed by atoms with E-state index in [2.05, 4.69) is 20.8 Å². The van der Waals surface area contributed by atoms with Gasteiger partial charge in [0.25, 0.3) is 0 Å². The highest BCUT2D eigenvalue weighted by Crippen LogP contribution is 2.44. The van der Waals surface area contributed by atoms with E-state index in [0.29, 0.717) is 12.0 Å². The van der Waals surface area contributed by atoms with Crippen LogP contribution in [0.1, 0.15) is 65.0 Å². The van der Waals surface area contributed by atoms with Gasteiger partial charge >= 0.3 is 0 Å². The van der Waals surface area contributed by atoms with E-state index in [9.17, 15) is 9.90 Å². The summed E-state index contributed by atoms with van der Waals surface area (Å²) in [6, 6.07) is 7.77. The van der Waals surface area contributed by atoms with Gasteiger partial charge in [-0.25, -0.2) is 0 Å². The molecule has 0 radical (unpaired) electrons. The Kier molecular flexibility index (Phi) is 4.01. The van der Waals surface area contributed by atoms with Crippen LogP contribution in [0.5, 0.6) is 0 Å². The largest absolute Gasteiger partial charge is 0.507 e.